The second kappa shape index (κ2) is 9.09. The Hall–Kier alpha value is -2.87. The molecule has 1 saturated carbocycles. The molecule has 1 aromatic rings. The predicted octanol–water partition coefficient (Wildman–Crippen LogP) is 1.97. The Labute approximate surface area is 170 Å². The van der Waals surface area contributed by atoms with Gasteiger partial charge >= 0.3 is 6.03 Å². The lowest BCUT2D eigenvalue weighted by molar-refractivity contribution is -0.140. The van der Waals surface area contributed by atoms with Gasteiger partial charge in [0.1, 0.15) is 17.9 Å². The van der Waals surface area contributed by atoms with E-state index in [1.807, 2.05) is 29.2 Å². The summed E-state index contributed by atoms with van der Waals surface area (Å²) in [5.74, 6) is -0.00708. The molecule has 156 valence electrons. The van der Waals surface area contributed by atoms with E-state index in [1.165, 1.54) is 0 Å². The zero-order valence-electron chi connectivity index (χ0n) is 16.8. The van der Waals surface area contributed by atoms with E-state index < -0.39 is 17.5 Å². The molecule has 1 saturated heterocycles. The lowest BCUT2D eigenvalue weighted by Gasteiger charge is -2.30. The molecule has 1 heterocycles. The molecule has 1 aliphatic heterocycles. The number of rotatable bonds is 8. The van der Waals surface area contributed by atoms with Gasteiger partial charge in [-0.3, -0.25) is 19.9 Å². The number of hydrogen-bond donors (Lipinski definition) is 2. The van der Waals surface area contributed by atoms with Crippen LogP contribution < -0.4 is 15.5 Å². The minimum absolute atomic E-state index is 0.0543. The summed E-state index contributed by atoms with van der Waals surface area (Å²) in [6.45, 7) is 4.66. The number of nitrogens with zero attached hydrogens (tertiary/aromatic N) is 2. The summed E-state index contributed by atoms with van der Waals surface area (Å²) in [4.78, 5) is 39.1. The van der Waals surface area contributed by atoms with Gasteiger partial charge in [-0.2, -0.15) is 5.01 Å². The molecule has 1 aromatic carbocycles. The first kappa shape index (κ1) is 20.9. The molecule has 2 N–H and O–H groups in total. The van der Waals surface area contributed by atoms with E-state index in [0.29, 0.717) is 26.0 Å². The molecule has 8 nitrogen and oxygen atoms in total. The Morgan fingerprint density at radius 1 is 1.28 bits per heavy atom. The standard InChI is InChI=1S/C21H28N4O4/c1-3-13-29-17-9-7-16(8-10-17)14-24(2)15-18(26)23-25-19(27)21(22-20(25)28)11-5-4-6-12-21/h3,7-10H,1,4-6,11-15H2,2H3,(H,22,28)(H,23,26). The number of likely N-dealkylation sites (N-methyl/N-ethyl adjacent to an activating group) is 1. The molecule has 8 heteroatoms. The Kier molecular flexibility index (Phi) is 6.53. The van der Waals surface area contributed by atoms with Crippen molar-refractivity contribution in [1.29, 1.82) is 0 Å². The number of hydrogen-bond acceptors (Lipinski definition) is 5. The lowest BCUT2D eigenvalue weighted by atomic mass is 9.82. The predicted molar refractivity (Wildman–Crippen MR) is 108 cm³/mol. The number of imide groups is 1. The van der Waals surface area contributed by atoms with Gasteiger partial charge in [-0.1, -0.05) is 44.1 Å². The van der Waals surface area contributed by atoms with Crippen LogP contribution in [0.3, 0.4) is 0 Å². The van der Waals surface area contributed by atoms with Gasteiger partial charge in [-0.15, -0.1) is 0 Å². The van der Waals surface area contributed by atoms with Gasteiger partial charge in [0.05, 0.1) is 6.54 Å². The molecule has 2 fully saturated rings. The average Bonchev–Trinajstić information content (AvgIpc) is 2.92. The van der Waals surface area contributed by atoms with Crippen LogP contribution in [0.5, 0.6) is 5.75 Å². The maximum Gasteiger partial charge on any atom is 0.344 e. The summed E-state index contributed by atoms with van der Waals surface area (Å²) in [5, 5.41) is 3.62. The van der Waals surface area contributed by atoms with Crippen LogP contribution in [0.4, 0.5) is 4.79 Å². The fraction of sp³-hybridized carbons (Fsp3) is 0.476. The molecule has 29 heavy (non-hydrogen) atoms. The summed E-state index contributed by atoms with van der Waals surface area (Å²) >= 11 is 0. The van der Waals surface area contributed by atoms with E-state index in [2.05, 4.69) is 17.3 Å². The number of hydrazine groups is 1. The van der Waals surface area contributed by atoms with Crippen LogP contribution in [0.15, 0.2) is 36.9 Å². The van der Waals surface area contributed by atoms with E-state index in [1.54, 1.807) is 13.1 Å². The van der Waals surface area contributed by atoms with Gasteiger partial charge in [0, 0.05) is 6.54 Å². The Morgan fingerprint density at radius 2 is 1.97 bits per heavy atom. The van der Waals surface area contributed by atoms with Crippen LogP contribution in [-0.2, 0) is 16.1 Å². The maximum atomic E-state index is 12.7. The van der Waals surface area contributed by atoms with Gasteiger partial charge in [0.2, 0.25) is 0 Å². The summed E-state index contributed by atoms with van der Waals surface area (Å²) in [6.07, 6.45) is 5.78. The maximum absolute atomic E-state index is 12.7. The molecule has 1 spiro atoms. The molecule has 0 aromatic heterocycles. The minimum atomic E-state index is -0.843. The molecule has 1 aliphatic carbocycles. The Morgan fingerprint density at radius 3 is 2.62 bits per heavy atom. The molecule has 4 amide bonds. The first-order valence-electron chi connectivity index (χ1n) is 9.91. The molecule has 0 unspecified atom stereocenters. The number of benzene rings is 1. The van der Waals surface area contributed by atoms with Crippen molar-refractivity contribution in [2.24, 2.45) is 0 Å². The molecular weight excluding hydrogens is 372 g/mol. The zero-order valence-corrected chi connectivity index (χ0v) is 16.8. The van der Waals surface area contributed by atoms with Gasteiger partial charge < -0.3 is 10.1 Å². The first-order valence-corrected chi connectivity index (χ1v) is 9.91. The van der Waals surface area contributed by atoms with Gasteiger partial charge in [0.15, 0.2) is 0 Å². The number of nitrogens with one attached hydrogen (secondary N) is 2. The molecule has 0 bridgehead atoms. The highest BCUT2D eigenvalue weighted by atomic mass is 16.5. The SMILES string of the molecule is C=CCOc1ccc(CN(C)CC(=O)NN2C(=O)NC3(CCCCC3)C2=O)cc1. The number of urea groups is 1. The van der Waals surface area contributed by atoms with E-state index in [4.69, 9.17) is 4.74 Å². The first-order chi connectivity index (χ1) is 13.9. The molecule has 2 aliphatic rings. The number of carbonyl (C=O) groups is 3. The van der Waals surface area contributed by atoms with Crippen molar-refractivity contribution < 1.29 is 19.1 Å². The van der Waals surface area contributed by atoms with Crippen molar-refractivity contribution in [3.8, 4) is 5.75 Å². The highest BCUT2D eigenvalue weighted by Crippen LogP contribution is 2.32. The van der Waals surface area contributed by atoms with Crippen LogP contribution in [0.25, 0.3) is 0 Å². The van der Waals surface area contributed by atoms with Crippen LogP contribution in [0.2, 0.25) is 0 Å². The van der Waals surface area contributed by atoms with Crippen molar-refractivity contribution >= 4 is 17.8 Å². The molecular formula is C21H28N4O4. The number of amides is 4. The van der Waals surface area contributed by atoms with Crippen LogP contribution in [0.1, 0.15) is 37.7 Å². The van der Waals surface area contributed by atoms with E-state index in [0.717, 1.165) is 35.6 Å². The van der Waals surface area contributed by atoms with Crippen LogP contribution in [0, 0.1) is 0 Å². The zero-order chi connectivity index (χ0) is 20.9. The lowest BCUT2D eigenvalue weighted by Crippen LogP contribution is -2.52. The quantitative estimate of drug-likeness (QED) is 0.514. The summed E-state index contributed by atoms with van der Waals surface area (Å²) in [7, 11) is 1.80. The highest BCUT2D eigenvalue weighted by molar-refractivity contribution is 6.08. The number of carbonyl (C=O) groups excluding carboxylic acids is 3. The van der Waals surface area contributed by atoms with Gasteiger partial charge in [-0.25, -0.2) is 4.79 Å². The van der Waals surface area contributed by atoms with Gasteiger partial charge in [-0.05, 0) is 37.6 Å². The summed E-state index contributed by atoms with van der Waals surface area (Å²) in [5.41, 5.74) is 2.63. The summed E-state index contributed by atoms with van der Waals surface area (Å²) in [6, 6.07) is 7.03. The molecule has 0 atom stereocenters. The van der Waals surface area contributed by atoms with Crippen LogP contribution >= 0.6 is 0 Å². The largest absolute Gasteiger partial charge is 0.490 e. The van der Waals surface area contributed by atoms with Crippen molar-refractivity contribution in [3.63, 3.8) is 0 Å². The third-order valence-electron chi connectivity index (χ3n) is 5.26. The fourth-order valence-electron chi connectivity index (χ4n) is 3.84. The van der Waals surface area contributed by atoms with Crippen LogP contribution in [-0.4, -0.2) is 53.5 Å². The van der Waals surface area contributed by atoms with Gasteiger partial charge in [0.25, 0.3) is 11.8 Å². The summed E-state index contributed by atoms with van der Waals surface area (Å²) < 4.78 is 5.45. The molecule has 0 radical (unpaired) electrons. The molecule has 3 rings (SSSR count). The second-order valence-electron chi connectivity index (χ2n) is 7.66. The van der Waals surface area contributed by atoms with Crippen molar-refractivity contribution in [1.82, 2.24) is 20.7 Å². The minimum Gasteiger partial charge on any atom is -0.490 e. The average molecular weight is 400 g/mol. The Bertz CT molecular complexity index is 771. The van der Waals surface area contributed by atoms with Crippen molar-refractivity contribution in [2.75, 3.05) is 20.2 Å². The van der Waals surface area contributed by atoms with Crippen molar-refractivity contribution in [3.05, 3.63) is 42.5 Å². The smallest absolute Gasteiger partial charge is 0.344 e. The normalized spacial score (nSPS) is 18.1. The van der Waals surface area contributed by atoms with E-state index in [-0.39, 0.29) is 12.5 Å². The monoisotopic (exact) mass is 400 g/mol. The third-order valence-corrected chi connectivity index (χ3v) is 5.26. The van der Waals surface area contributed by atoms with Crippen molar-refractivity contribution in [2.45, 2.75) is 44.2 Å². The fourth-order valence-corrected chi connectivity index (χ4v) is 3.84. The van der Waals surface area contributed by atoms with E-state index >= 15 is 0 Å². The van der Waals surface area contributed by atoms with E-state index in [9.17, 15) is 14.4 Å². The highest BCUT2D eigenvalue weighted by Gasteiger charge is 2.52. The Balaban J connectivity index is 1.50. The third kappa shape index (κ3) is 4.95. The second-order valence-corrected chi connectivity index (χ2v) is 7.66. The topological polar surface area (TPSA) is 91.0 Å². The number of ether oxygens (including phenoxy) is 1.